The van der Waals surface area contributed by atoms with Crippen LogP contribution in [-0.4, -0.2) is 48.8 Å². The van der Waals surface area contributed by atoms with Crippen LogP contribution in [0.25, 0.3) is 0 Å². The average Bonchev–Trinajstić information content (AvgIpc) is 2.76. The summed E-state index contributed by atoms with van der Waals surface area (Å²) in [6.07, 6.45) is 1.66. The maximum Gasteiger partial charge on any atom is 0.191 e. The Morgan fingerprint density at radius 2 is 1.77 bits per heavy atom. The van der Waals surface area contributed by atoms with E-state index >= 15 is 0 Å². The molecule has 170 valence electrons. The van der Waals surface area contributed by atoms with E-state index in [4.69, 9.17) is 0 Å². The molecule has 6 heteroatoms. The van der Waals surface area contributed by atoms with Gasteiger partial charge in [0.25, 0.3) is 0 Å². The SMILES string of the molecule is CN=C(NCc1ccc(CN2CCC(O)CC2)cc1)NCC(C)c1cccc(C)c1.I. The molecule has 1 saturated heterocycles. The molecule has 0 bridgehead atoms. The summed E-state index contributed by atoms with van der Waals surface area (Å²) in [7, 11) is 1.81. The van der Waals surface area contributed by atoms with E-state index in [1.807, 2.05) is 7.05 Å². The van der Waals surface area contributed by atoms with Crippen molar-refractivity contribution >= 4 is 29.9 Å². The highest BCUT2D eigenvalue weighted by Gasteiger charge is 2.16. The zero-order valence-corrected chi connectivity index (χ0v) is 21.3. The Morgan fingerprint density at radius 3 is 2.42 bits per heavy atom. The first-order chi connectivity index (χ1) is 14.5. The molecule has 0 amide bonds. The highest BCUT2D eigenvalue weighted by atomic mass is 127. The number of halogens is 1. The van der Waals surface area contributed by atoms with Gasteiger partial charge in [0.2, 0.25) is 0 Å². The van der Waals surface area contributed by atoms with Crippen LogP contribution in [0.4, 0.5) is 0 Å². The molecule has 1 aliphatic rings. The second kappa shape index (κ2) is 13.0. The quantitative estimate of drug-likeness (QED) is 0.284. The van der Waals surface area contributed by atoms with Gasteiger partial charge in [-0.2, -0.15) is 0 Å². The number of aliphatic hydroxyl groups is 1. The van der Waals surface area contributed by atoms with Gasteiger partial charge in [0, 0.05) is 39.8 Å². The zero-order valence-electron chi connectivity index (χ0n) is 19.0. The summed E-state index contributed by atoms with van der Waals surface area (Å²) in [5.41, 5.74) is 5.20. The van der Waals surface area contributed by atoms with Gasteiger partial charge >= 0.3 is 0 Å². The number of nitrogens with one attached hydrogen (secondary N) is 2. The molecule has 1 unspecified atom stereocenters. The van der Waals surface area contributed by atoms with E-state index in [-0.39, 0.29) is 30.1 Å². The predicted molar refractivity (Wildman–Crippen MR) is 140 cm³/mol. The van der Waals surface area contributed by atoms with Gasteiger partial charge in [-0.3, -0.25) is 9.89 Å². The third-order valence-corrected chi connectivity index (χ3v) is 5.86. The fourth-order valence-corrected chi connectivity index (χ4v) is 3.85. The Kier molecular flexibility index (Phi) is 10.8. The highest BCUT2D eigenvalue weighted by Crippen LogP contribution is 2.16. The third-order valence-electron chi connectivity index (χ3n) is 5.86. The number of hydrogen-bond donors (Lipinski definition) is 3. The number of rotatable bonds is 7. The van der Waals surface area contributed by atoms with Crippen LogP contribution in [0.2, 0.25) is 0 Å². The highest BCUT2D eigenvalue weighted by molar-refractivity contribution is 14.0. The molecule has 3 rings (SSSR count). The largest absolute Gasteiger partial charge is 0.393 e. The fourth-order valence-electron chi connectivity index (χ4n) is 3.85. The number of guanidine groups is 1. The van der Waals surface area contributed by atoms with E-state index in [2.05, 4.69) is 82.9 Å². The lowest BCUT2D eigenvalue weighted by Gasteiger charge is -2.29. The Balaban J connectivity index is 0.00000341. The Bertz CT molecular complexity index is 817. The molecule has 0 radical (unpaired) electrons. The molecule has 31 heavy (non-hydrogen) atoms. The van der Waals surface area contributed by atoms with Crippen molar-refractivity contribution in [2.75, 3.05) is 26.7 Å². The van der Waals surface area contributed by atoms with Gasteiger partial charge in [-0.05, 0) is 42.4 Å². The molecule has 2 aromatic rings. The van der Waals surface area contributed by atoms with E-state index in [0.29, 0.717) is 5.92 Å². The number of piperidine rings is 1. The second-order valence-electron chi connectivity index (χ2n) is 8.45. The molecule has 0 aromatic heterocycles. The summed E-state index contributed by atoms with van der Waals surface area (Å²) in [5, 5.41) is 16.5. The van der Waals surface area contributed by atoms with Gasteiger partial charge in [0.15, 0.2) is 5.96 Å². The molecule has 1 aliphatic heterocycles. The van der Waals surface area contributed by atoms with E-state index < -0.39 is 0 Å². The molecule has 0 saturated carbocycles. The van der Waals surface area contributed by atoms with Gasteiger partial charge in [-0.15, -0.1) is 24.0 Å². The summed E-state index contributed by atoms with van der Waals surface area (Å²) < 4.78 is 0. The summed E-state index contributed by atoms with van der Waals surface area (Å²) in [5.74, 6) is 1.24. The van der Waals surface area contributed by atoms with Crippen LogP contribution in [0.5, 0.6) is 0 Å². The molecule has 1 atom stereocenters. The number of aliphatic hydroxyl groups excluding tert-OH is 1. The van der Waals surface area contributed by atoms with Crippen molar-refractivity contribution in [2.45, 2.75) is 51.8 Å². The lowest BCUT2D eigenvalue weighted by Crippen LogP contribution is -2.38. The van der Waals surface area contributed by atoms with Crippen molar-refractivity contribution in [1.82, 2.24) is 15.5 Å². The van der Waals surface area contributed by atoms with Crippen molar-refractivity contribution in [3.8, 4) is 0 Å². The van der Waals surface area contributed by atoms with Crippen LogP contribution in [-0.2, 0) is 13.1 Å². The molecule has 5 nitrogen and oxygen atoms in total. The van der Waals surface area contributed by atoms with E-state index in [9.17, 15) is 5.11 Å². The summed E-state index contributed by atoms with van der Waals surface area (Å²) >= 11 is 0. The van der Waals surface area contributed by atoms with Crippen molar-refractivity contribution < 1.29 is 5.11 Å². The minimum Gasteiger partial charge on any atom is -0.393 e. The van der Waals surface area contributed by atoms with Gasteiger partial charge < -0.3 is 15.7 Å². The topological polar surface area (TPSA) is 59.9 Å². The Hall–Kier alpha value is -1.64. The predicted octanol–water partition coefficient (Wildman–Crippen LogP) is 4.04. The number of benzene rings is 2. The van der Waals surface area contributed by atoms with Crippen LogP contribution in [0.1, 0.15) is 47.9 Å². The average molecular weight is 537 g/mol. The van der Waals surface area contributed by atoms with Crippen molar-refractivity contribution in [2.24, 2.45) is 4.99 Å². The number of aryl methyl sites for hydroxylation is 1. The first-order valence-corrected chi connectivity index (χ1v) is 11.0. The Labute approximate surface area is 204 Å². The molecule has 3 N–H and O–H groups in total. The Morgan fingerprint density at radius 1 is 1.10 bits per heavy atom. The van der Waals surface area contributed by atoms with Gasteiger partial charge in [-0.25, -0.2) is 0 Å². The van der Waals surface area contributed by atoms with Crippen LogP contribution in [0.15, 0.2) is 53.5 Å². The van der Waals surface area contributed by atoms with E-state index in [1.54, 1.807) is 0 Å². The van der Waals surface area contributed by atoms with E-state index in [0.717, 1.165) is 51.5 Å². The molecule has 0 spiro atoms. The first kappa shape index (κ1) is 25.6. The summed E-state index contributed by atoms with van der Waals surface area (Å²) in [6.45, 7) is 8.87. The molecule has 0 aliphatic carbocycles. The van der Waals surface area contributed by atoms with Crippen molar-refractivity contribution in [1.29, 1.82) is 0 Å². The monoisotopic (exact) mass is 536 g/mol. The van der Waals surface area contributed by atoms with Crippen LogP contribution < -0.4 is 10.6 Å². The minimum absolute atomic E-state index is 0. The van der Waals surface area contributed by atoms with E-state index in [1.165, 1.54) is 22.3 Å². The maximum absolute atomic E-state index is 9.64. The molecule has 2 aromatic carbocycles. The number of aliphatic imine (C=N–C) groups is 1. The normalized spacial score (nSPS) is 16.5. The molecule has 1 heterocycles. The van der Waals surface area contributed by atoms with Gasteiger partial charge in [-0.1, -0.05) is 61.0 Å². The van der Waals surface area contributed by atoms with Crippen LogP contribution >= 0.6 is 24.0 Å². The number of nitrogens with zero attached hydrogens (tertiary/aromatic N) is 2. The molecule has 1 fully saturated rings. The van der Waals surface area contributed by atoms with Crippen LogP contribution in [0, 0.1) is 6.92 Å². The van der Waals surface area contributed by atoms with Gasteiger partial charge in [0.1, 0.15) is 0 Å². The lowest BCUT2D eigenvalue weighted by atomic mass is 9.99. The second-order valence-corrected chi connectivity index (χ2v) is 8.45. The smallest absolute Gasteiger partial charge is 0.191 e. The zero-order chi connectivity index (χ0) is 21.3. The fraction of sp³-hybridized carbons (Fsp3) is 0.480. The molecular weight excluding hydrogens is 499 g/mol. The maximum atomic E-state index is 9.64. The minimum atomic E-state index is -0.113. The number of likely N-dealkylation sites (tertiary alicyclic amines) is 1. The summed E-state index contributed by atoms with van der Waals surface area (Å²) in [6, 6.07) is 17.5. The van der Waals surface area contributed by atoms with Crippen molar-refractivity contribution in [3.05, 3.63) is 70.8 Å². The lowest BCUT2D eigenvalue weighted by molar-refractivity contribution is 0.0792. The standard InChI is InChI=1S/C25H36N4O.HI/c1-19-5-4-6-23(15-19)20(2)16-27-25(26-3)28-17-21-7-9-22(10-8-21)18-29-13-11-24(30)12-14-29;/h4-10,15,20,24,30H,11-14,16-18H2,1-3H3,(H2,26,27,28);1H. The number of hydrogen-bond acceptors (Lipinski definition) is 3. The first-order valence-electron chi connectivity index (χ1n) is 11.0. The molecular formula is C25H37IN4O. The van der Waals surface area contributed by atoms with Crippen LogP contribution in [0.3, 0.4) is 0 Å². The van der Waals surface area contributed by atoms with Crippen molar-refractivity contribution in [3.63, 3.8) is 0 Å². The van der Waals surface area contributed by atoms with Gasteiger partial charge in [0.05, 0.1) is 6.10 Å². The third kappa shape index (κ3) is 8.43. The summed E-state index contributed by atoms with van der Waals surface area (Å²) in [4.78, 5) is 6.77.